The van der Waals surface area contributed by atoms with Gasteiger partial charge in [-0.3, -0.25) is 9.78 Å². The number of nitrogens with one attached hydrogen (secondary N) is 1. The highest BCUT2D eigenvalue weighted by Gasteiger charge is 2.07. The Bertz CT molecular complexity index is 568. The Hall–Kier alpha value is -2.46. The van der Waals surface area contributed by atoms with Crippen molar-refractivity contribution in [2.24, 2.45) is 0 Å². The summed E-state index contributed by atoms with van der Waals surface area (Å²) in [6.07, 6.45) is 5.74. The number of carbonyl (C=O) groups excluding carboxylic acids is 1. The largest absolute Gasteiger partial charge is 0.387 e. The van der Waals surface area contributed by atoms with E-state index in [1.54, 1.807) is 24.5 Å². The molecule has 4 heteroatoms. The molecule has 2 N–H and O–H groups in total. The molecule has 2 aromatic rings. The number of rotatable bonds is 5. The quantitative estimate of drug-likeness (QED) is 0.815. The first-order valence-electron chi connectivity index (χ1n) is 6.34. The second-order valence-corrected chi connectivity index (χ2v) is 4.29. The Morgan fingerprint density at radius 2 is 2.05 bits per heavy atom. The van der Waals surface area contributed by atoms with Gasteiger partial charge >= 0.3 is 0 Å². The molecule has 4 nitrogen and oxygen atoms in total. The number of nitrogens with zero attached hydrogens (tertiary/aromatic N) is 1. The zero-order chi connectivity index (χ0) is 14.2. The molecule has 0 aliphatic heterocycles. The van der Waals surface area contributed by atoms with Gasteiger partial charge in [-0.2, -0.15) is 0 Å². The zero-order valence-corrected chi connectivity index (χ0v) is 10.9. The summed E-state index contributed by atoms with van der Waals surface area (Å²) in [6, 6.07) is 12.9. The Morgan fingerprint density at radius 1 is 1.25 bits per heavy atom. The summed E-state index contributed by atoms with van der Waals surface area (Å²) in [7, 11) is 0. The third-order valence-electron chi connectivity index (χ3n) is 2.77. The van der Waals surface area contributed by atoms with Crippen molar-refractivity contribution in [3.05, 3.63) is 72.1 Å². The molecule has 0 bridgehead atoms. The molecule has 1 atom stereocenters. The topological polar surface area (TPSA) is 62.2 Å². The van der Waals surface area contributed by atoms with E-state index in [2.05, 4.69) is 10.3 Å². The lowest BCUT2D eigenvalue weighted by Gasteiger charge is -2.10. The third kappa shape index (κ3) is 4.33. The summed E-state index contributed by atoms with van der Waals surface area (Å²) >= 11 is 0. The summed E-state index contributed by atoms with van der Waals surface area (Å²) in [4.78, 5) is 15.6. The van der Waals surface area contributed by atoms with Crippen LogP contribution >= 0.6 is 0 Å². The van der Waals surface area contributed by atoms with E-state index in [9.17, 15) is 9.90 Å². The molecule has 0 radical (unpaired) electrons. The molecule has 1 heterocycles. The molecule has 0 spiro atoms. The van der Waals surface area contributed by atoms with Crippen LogP contribution in [-0.2, 0) is 4.79 Å². The van der Waals surface area contributed by atoms with Gasteiger partial charge in [0.1, 0.15) is 0 Å². The third-order valence-corrected chi connectivity index (χ3v) is 2.77. The fourth-order valence-corrected chi connectivity index (χ4v) is 1.70. The molecule has 20 heavy (non-hydrogen) atoms. The van der Waals surface area contributed by atoms with E-state index in [-0.39, 0.29) is 12.5 Å². The molecular weight excluding hydrogens is 252 g/mol. The van der Waals surface area contributed by atoms with Crippen LogP contribution in [0.15, 0.2) is 60.9 Å². The second-order valence-electron chi connectivity index (χ2n) is 4.29. The minimum absolute atomic E-state index is 0.181. The number of pyridine rings is 1. The predicted molar refractivity (Wildman–Crippen MR) is 77.7 cm³/mol. The summed E-state index contributed by atoms with van der Waals surface area (Å²) in [5, 5.41) is 12.6. The molecule has 0 aliphatic carbocycles. The highest BCUT2D eigenvalue weighted by molar-refractivity contribution is 5.91. The number of aliphatic hydroxyl groups is 1. The lowest BCUT2D eigenvalue weighted by Crippen LogP contribution is -2.26. The Labute approximate surface area is 117 Å². The lowest BCUT2D eigenvalue weighted by atomic mass is 10.1. The summed E-state index contributed by atoms with van der Waals surface area (Å²) in [6.45, 7) is 0.181. The summed E-state index contributed by atoms with van der Waals surface area (Å²) in [5.74, 6) is -0.246. The van der Waals surface area contributed by atoms with Crippen molar-refractivity contribution in [3.63, 3.8) is 0 Å². The van der Waals surface area contributed by atoms with E-state index in [1.807, 2.05) is 36.4 Å². The fraction of sp³-hybridized carbons (Fsp3) is 0.125. The van der Waals surface area contributed by atoms with Gasteiger partial charge in [-0.15, -0.1) is 0 Å². The Kier molecular flexibility index (Phi) is 5.03. The predicted octanol–water partition coefficient (Wildman–Crippen LogP) is 1.94. The smallest absolute Gasteiger partial charge is 0.244 e. The maximum atomic E-state index is 11.6. The van der Waals surface area contributed by atoms with Crippen LogP contribution in [0.2, 0.25) is 0 Å². The Morgan fingerprint density at radius 3 is 2.75 bits per heavy atom. The highest BCUT2D eigenvalue weighted by Crippen LogP contribution is 2.10. The van der Waals surface area contributed by atoms with Gasteiger partial charge in [0, 0.05) is 25.0 Å². The highest BCUT2D eigenvalue weighted by atomic mass is 16.3. The van der Waals surface area contributed by atoms with Crippen LogP contribution in [0.5, 0.6) is 0 Å². The van der Waals surface area contributed by atoms with Crippen LogP contribution in [0.25, 0.3) is 6.08 Å². The van der Waals surface area contributed by atoms with Crippen LogP contribution in [-0.4, -0.2) is 22.5 Å². The first-order valence-corrected chi connectivity index (χ1v) is 6.34. The monoisotopic (exact) mass is 268 g/mol. The normalized spacial score (nSPS) is 12.2. The van der Waals surface area contributed by atoms with E-state index in [0.29, 0.717) is 0 Å². The van der Waals surface area contributed by atoms with Gasteiger partial charge in [-0.25, -0.2) is 0 Å². The van der Waals surface area contributed by atoms with Gasteiger partial charge in [0.05, 0.1) is 6.10 Å². The lowest BCUT2D eigenvalue weighted by molar-refractivity contribution is -0.116. The van der Waals surface area contributed by atoms with Crippen molar-refractivity contribution in [2.45, 2.75) is 6.10 Å². The van der Waals surface area contributed by atoms with Gasteiger partial charge in [-0.1, -0.05) is 36.4 Å². The van der Waals surface area contributed by atoms with E-state index in [4.69, 9.17) is 0 Å². The second kappa shape index (κ2) is 7.21. The molecule has 102 valence electrons. The number of hydrogen-bond donors (Lipinski definition) is 2. The van der Waals surface area contributed by atoms with Crippen LogP contribution in [0, 0.1) is 0 Å². The van der Waals surface area contributed by atoms with Crippen molar-refractivity contribution in [1.82, 2.24) is 10.3 Å². The number of carbonyl (C=O) groups is 1. The average molecular weight is 268 g/mol. The molecule has 0 fully saturated rings. The summed E-state index contributed by atoms with van der Waals surface area (Å²) < 4.78 is 0. The minimum Gasteiger partial charge on any atom is -0.387 e. The number of aromatic nitrogens is 1. The number of aliphatic hydroxyl groups excluding tert-OH is 1. The van der Waals surface area contributed by atoms with Crippen molar-refractivity contribution in [2.75, 3.05) is 6.54 Å². The van der Waals surface area contributed by atoms with E-state index in [1.165, 1.54) is 6.08 Å². The van der Waals surface area contributed by atoms with Crippen molar-refractivity contribution in [3.8, 4) is 0 Å². The van der Waals surface area contributed by atoms with Crippen molar-refractivity contribution in [1.29, 1.82) is 0 Å². The van der Waals surface area contributed by atoms with Crippen LogP contribution in [0.1, 0.15) is 17.2 Å². The minimum atomic E-state index is -0.702. The van der Waals surface area contributed by atoms with Gasteiger partial charge in [-0.05, 0) is 23.3 Å². The molecule has 0 saturated carbocycles. The SMILES string of the molecule is O=C(/C=C/c1cccnc1)NCC(O)c1ccccc1. The van der Waals surface area contributed by atoms with E-state index >= 15 is 0 Å². The van der Waals surface area contributed by atoms with Crippen LogP contribution in [0.4, 0.5) is 0 Å². The van der Waals surface area contributed by atoms with Gasteiger partial charge < -0.3 is 10.4 Å². The fourth-order valence-electron chi connectivity index (χ4n) is 1.70. The molecule has 1 amide bonds. The summed E-state index contributed by atoms with van der Waals surface area (Å²) in [5.41, 5.74) is 1.63. The first-order chi connectivity index (χ1) is 9.75. The standard InChI is InChI=1S/C16H16N2O2/c19-15(14-6-2-1-3-7-14)12-18-16(20)9-8-13-5-4-10-17-11-13/h1-11,15,19H,12H2,(H,18,20)/b9-8+. The maximum absolute atomic E-state index is 11.6. The molecule has 0 aliphatic rings. The molecular formula is C16H16N2O2. The van der Waals surface area contributed by atoms with E-state index in [0.717, 1.165) is 11.1 Å². The Balaban J connectivity index is 1.82. The molecule has 2 rings (SSSR count). The molecule has 1 unspecified atom stereocenters. The maximum Gasteiger partial charge on any atom is 0.244 e. The van der Waals surface area contributed by atoms with Gasteiger partial charge in [0.2, 0.25) is 5.91 Å². The number of benzene rings is 1. The van der Waals surface area contributed by atoms with Crippen molar-refractivity contribution >= 4 is 12.0 Å². The van der Waals surface area contributed by atoms with Gasteiger partial charge in [0.15, 0.2) is 0 Å². The zero-order valence-electron chi connectivity index (χ0n) is 10.9. The molecule has 1 aromatic carbocycles. The number of amides is 1. The average Bonchev–Trinajstić information content (AvgIpc) is 2.52. The molecule has 1 aromatic heterocycles. The van der Waals surface area contributed by atoms with Crippen molar-refractivity contribution < 1.29 is 9.90 Å². The number of hydrogen-bond acceptors (Lipinski definition) is 3. The molecule has 0 saturated heterocycles. The first kappa shape index (κ1) is 14.0. The van der Waals surface area contributed by atoms with Crippen LogP contribution < -0.4 is 5.32 Å². The van der Waals surface area contributed by atoms with E-state index < -0.39 is 6.10 Å². The van der Waals surface area contributed by atoms with Gasteiger partial charge in [0.25, 0.3) is 0 Å². The van der Waals surface area contributed by atoms with Crippen LogP contribution in [0.3, 0.4) is 0 Å².